The molecule has 0 fully saturated rings. The van der Waals surface area contributed by atoms with Gasteiger partial charge in [0.2, 0.25) is 5.78 Å². The van der Waals surface area contributed by atoms with Crippen LogP contribution in [0, 0.1) is 5.41 Å². The Balaban J connectivity index is 2.64. The monoisotopic (exact) mass is 281 g/mol. The zero-order valence-corrected chi connectivity index (χ0v) is 10.00. The average molecular weight is 282 g/mol. The molecule has 2 rings (SSSR count). The Morgan fingerprint density at radius 2 is 2.00 bits per heavy atom. The predicted molar refractivity (Wildman–Crippen MR) is 62.1 cm³/mol. The molecule has 1 aliphatic rings. The zero-order valence-electron chi connectivity index (χ0n) is 8.41. The number of benzene rings is 1. The van der Waals surface area contributed by atoms with Crippen LogP contribution in [0.4, 0.5) is 0 Å². The Morgan fingerprint density at radius 3 is 2.62 bits per heavy atom. The number of halogens is 1. The van der Waals surface area contributed by atoms with Crippen molar-refractivity contribution in [3.63, 3.8) is 0 Å². The first-order chi connectivity index (χ1) is 7.56. The molecule has 1 unspecified atom stereocenters. The maximum Gasteiger partial charge on any atom is 0.208 e. The van der Waals surface area contributed by atoms with Gasteiger partial charge in [-0.15, -0.1) is 0 Å². The number of rotatable bonds is 1. The molecule has 0 saturated heterocycles. The van der Waals surface area contributed by atoms with E-state index in [1.807, 2.05) is 0 Å². The Morgan fingerprint density at radius 1 is 1.31 bits per heavy atom. The standard InChI is InChI=1S/C11H8BrNO3/c1-16-5-2-3-6-7(4-5)10(14)8(12)9(13)11(6)15/h2-4,8,13H,1H3. The van der Waals surface area contributed by atoms with E-state index in [2.05, 4.69) is 15.9 Å². The van der Waals surface area contributed by atoms with E-state index in [0.29, 0.717) is 11.3 Å². The van der Waals surface area contributed by atoms with Crippen LogP contribution in [0.15, 0.2) is 18.2 Å². The number of ketones is 2. The summed E-state index contributed by atoms with van der Waals surface area (Å²) in [6, 6.07) is 4.64. The summed E-state index contributed by atoms with van der Waals surface area (Å²) >= 11 is 3.04. The first-order valence-corrected chi connectivity index (χ1v) is 5.47. The molecular weight excluding hydrogens is 274 g/mol. The summed E-state index contributed by atoms with van der Waals surface area (Å²) in [5.41, 5.74) is 0.358. The largest absolute Gasteiger partial charge is 0.497 e. The van der Waals surface area contributed by atoms with Gasteiger partial charge in [-0.2, -0.15) is 0 Å². The number of alkyl halides is 1. The summed E-state index contributed by atoms with van der Waals surface area (Å²) in [4.78, 5) is 22.7. The van der Waals surface area contributed by atoms with E-state index in [0.717, 1.165) is 0 Å². The molecule has 0 spiro atoms. The minimum Gasteiger partial charge on any atom is -0.497 e. The third-order valence-corrected chi connectivity index (χ3v) is 3.34. The summed E-state index contributed by atoms with van der Waals surface area (Å²) in [6.45, 7) is 0. The number of hydrogen-bond donors (Lipinski definition) is 1. The first-order valence-electron chi connectivity index (χ1n) is 4.55. The van der Waals surface area contributed by atoms with Gasteiger partial charge in [0, 0.05) is 11.1 Å². The Labute approximate surface area is 100 Å². The fraction of sp³-hybridized carbons (Fsp3) is 0.182. The Hall–Kier alpha value is -1.49. The molecule has 1 N–H and O–H groups in total. The molecule has 0 amide bonds. The van der Waals surface area contributed by atoms with Gasteiger partial charge in [0.1, 0.15) is 16.3 Å². The summed E-state index contributed by atoms with van der Waals surface area (Å²) in [5.74, 6) is -0.175. The molecule has 1 aromatic carbocycles. The number of Topliss-reactive ketones (excluding diaryl/α,β-unsaturated/α-hetero) is 2. The van der Waals surface area contributed by atoms with Crippen molar-refractivity contribution in [2.45, 2.75) is 4.83 Å². The van der Waals surface area contributed by atoms with Crippen LogP contribution in [0.5, 0.6) is 5.75 Å². The summed E-state index contributed by atoms with van der Waals surface area (Å²) in [5, 5.41) is 7.51. The van der Waals surface area contributed by atoms with Crippen molar-refractivity contribution in [3.8, 4) is 5.75 Å². The van der Waals surface area contributed by atoms with Gasteiger partial charge in [-0.1, -0.05) is 15.9 Å². The van der Waals surface area contributed by atoms with Gasteiger partial charge in [0.25, 0.3) is 0 Å². The fourth-order valence-corrected chi connectivity index (χ4v) is 2.03. The maximum absolute atomic E-state index is 11.8. The van der Waals surface area contributed by atoms with Crippen LogP contribution in [0.2, 0.25) is 0 Å². The molecule has 1 atom stereocenters. The number of fused-ring (bicyclic) bond motifs is 1. The lowest BCUT2D eigenvalue weighted by molar-refractivity contribution is 0.0970. The molecule has 0 radical (unpaired) electrons. The van der Waals surface area contributed by atoms with Crippen molar-refractivity contribution in [2.24, 2.45) is 0 Å². The minimum atomic E-state index is -0.848. The molecule has 0 bridgehead atoms. The highest BCUT2D eigenvalue weighted by Gasteiger charge is 2.35. The van der Waals surface area contributed by atoms with Gasteiger partial charge in [-0.05, 0) is 18.2 Å². The van der Waals surface area contributed by atoms with Crippen LogP contribution >= 0.6 is 15.9 Å². The van der Waals surface area contributed by atoms with E-state index < -0.39 is 10.6 Å². The van der Waals surface area contributed by atoms with Crippen molar-refractivity contribution in [1.82, 2.24) is 0 Å². The second-order valence-corrected chi connectivity index (χ2v) is 4.30. The fourth-order valence-electron chi connectivity index (χ4n) is 1.58. The van der Waals surface area contributed by atoms with Crippen LogP contribution in [-0.4, -0.2) is 29.2 Å². The number of carbonyl (C=O) groups is 2. The van der Waals surface area contributed by atoms with E-state index in [1.165, 1.54) is 19.2 Å². The molecule has 5 heteroatoms. The van der Waals surface area contributed by atoms with Crippen molar-refractivity contribution < 1.29 is 14.3 Å². The SMILES string of the molecule is COc1ccc2c(c1)C(=O)C(Br)C(=N)C2=O. The molecule has 1 aromatic rings. The topological polar surface area (TPSA) is 67.2 Å². The predicted octanol–water partition coefficient (Wildman–Crippen LogP) is 1.86. The van der Waals surface area contributed by atoms with Gasteiger partial charge < -0.3 is 4.74 Å². The minimum absolute atomic E-state index is 0.220. The number of hydrogen-bond acceptors (Lipinski definition) is 4. The molecule has 4 nitrogen and oxygen atoms in total. The highest BCUT2D eigenvalue weighted by molar-refractivity contribution is 9.10. The van der Waals surface area contributed by atoms with Gasteiger partial charge in [-0.3, -0.25) is 15.0 Å². The van der Waals surface area contributed by atoms with E-state index >= 15 is 0 Å². The van der Waals surface area contributed by atoms with Gasteiger partial charge in [0.15, 0.2) is 5.78 Å². The van der Waals surface area contributed by atoms with Gasteiger partial charge in [0.05, 0.1) is 7.11 Å². The van der Waals surface area contributed by atoms with Crippen molar-refractivity contribution in [1.29, 1.82) is 5.41 Å². The Bertz CT molecular complexity index is 510. The van der Waals surface area contributed by atoms with E-state index in [-0.39, 0.29) is 17.1 Å². The highest BCUT2D eigenvalue weighted by Crippen LogP contribution is 2.27. The van der Waals surface area contributed by atoms with Crippen molar-refractivity contribution in [2.75, 3.05) is 7.11 Å². The smallest absolute Gasteiger partial charge is 0.208 e. The van der Waals surface area contributed by atoms with Crippen LogP contribution in [-0.2, 0) is 0 Å². The van der Waals surface area contributed by atoms with Gasteiger partial charge >= 0.3 is 0 Å². The lowest BCUT2D eigenvalue weighted by atomic mass is 9.88. The third-order valence-electron chi connectivity index (χ3n) is 2.47. The van der Waals surface area contributed by atoms with Crippen LogP contribution in [0.3, 0.4) is 0 Å². The molecule has 16 heavy (non-hydrogen) atoms. The van der Waals surface area contributed by atoms with Crippen molar-refractivity contribution >= 4 is 33.2 Å². The molecule has 0 heterocycles. The van der Waals surface area contributed by atoms with Crippen LogP contribution in [0.25, 0.3) is 0 Å². The average Bonchev–Trinajstić information content (AvgIpc) is 2.33. The highest BCUT2D eigenvalue weighted by atomic mass is 79.9. The zero-order chi connectivity index (χ0) is 11.9. The van der Waals surface area contributed by atoms with E-state index in [9.17, 15) is 9.59 Å². The molecular formula is C11H8BrNO3. The quantitative estimate of drug-likeness (QED) is 0.799. The first kappa shape index (κ1) is 11.0. The lowest BCUT2D eigenvalue weighted by Gasteiger charge is -2.19. The van der Waals surface area contributed by atoms with Crippen molar-refractivity contribution in [3.05, 3.63) is 29.3 Å². The molecule has 1 aliphatic carbocycles. The van der Waals surface area contributed by atoms with E-state index in [1.54, 1.807) is 6.07 Å². The van der Waals surface area contributed by atoms with E-state index in [4.69, 9.17) is 10.1 Å². The maximum atomic E-state index is 11.8. The second-order valence-electron chi connectivity index (χ2n) is 3.38. The number of ether oxygens (including phenoxy) is 1. The summed E-state index contributed by atoms with van der Waals surface area (Å²) in [6.07, 6.45) is 0. The number of carbonyl (C=O) groups excluding carboxylic acids is 2. The van der Waals surface area contributed by atoms with Gasteiger partial charge in [-0.25, -0.2) is 0 Å². The summed E-state index contributed by atoms with van der Waals surface area (Å²) < 4.78 is 4.99. The summed E-state index contributed by atoms with van der Waals surface area (Å²) in [7, 11) is 1.49. The second kappa shape index (κ2) is 3.83. The molecule has 0 saturated carbocycles. The Kier molecular flexibility index (Phi) is 2.63. The number of nitrogens with one attached hydrogen (secondary N) is 1. The van der Waals surface area contributed by atoms with Crippen LogP contribution in [0.1, 0.15) is 20.7 Å². The molecule has 82 valence electrons. The lowest BCUT2D eigenvalue weighted by Crippen LogP contribution is -2.36. The normalized spacial score (nSPS) is 19.6. The van der Waals surface area contributed by atoms with Crippen LogP contribution < -0.4 is 4.74 Å². The number of methoxy groups -OCH3 is 1. The third kappa shape index (κ3) is 1.48. The molecule has 0 aromatic heterocycles. The molecule has 0 aliphatic heterocycles.